The van der Waals surface area contributed by atoms with Gasteiger partial charge in [0.2, 0.25) is 11.8 Å². The van der Waals surface area contributed by atoms with Crippen LogP contribution in [0.5, 0.6) is 0 Å². The lowest BCUT2D eigenvalue weighted by molar-refractivity contribution is 0.0992. The molecular formula is C15H14ClN3O2. The maximum Gasteiger partial charge on any atom is 0.248 e. The van der Waals surface area contributed by atoms with Crippen LogP contribution in [-0.2, 0) is 6.54 Å². The predicted molar refractivity (Wildman–Crippen MR) is 82.3 cm³/mol. The molecule has 21 heavy (non-hydrogen) atoms. The van der Waals surface area contributed by atoms with Crippen LogP contribution in [0.4, 0.5) is 5.69 Å². The number of amides is 2. The highest BCUT2D eigenvalue weighted by Crippen LogP contribution is 2.19. The smallest absolute Gasteiger partial charge is 0.248 e. The van der Waals surface area contributed by atoms with E-state index in [1.165, 1.54) is 6.07 Å². The second kappa shape index (κ2) is 6.28. The fourth-order valence-electron chi connectivity index (χ4n) is 1.79. The van der Waals surface area contributed by atoms with Crippen LogP contribution in [-0.4, -0.2) is 11.8 Å². The summed E-state index contributed by atoms with van der Waals surface area (Å²) in [7, 11) is 0. The summed E-state index contributed by atoms with van der Waals surface area (Å²) >= 11 is 6.10. The highest BCUT2D eigenvalue weighted by molar-refractivity contribution is 6.31. The molecule has 2 rings (SSSR count). The molecule has 5 N–H and O–H groups in total. The van der Waals surface area contributed by atoms with E-state index in [9.17, 15) is 9.59 Å². The van der Waals surface area contributed by atoms with Gasteiger partial charge in [0.05, 0.1) is 0 Å². The number of hydrogen-bond acceptors (Lipinski definition) is 3. The first-order valence-electron chi connectivity index (χ1n) is 6.19. The van der Waals surface area contributed by atoms with E-state index in [1.807, 2.05) is 0 Å². The largest absolute Gasteiger partial charge is 0.381 e. The number of carbonyl (C=O) groups is 2. The summed E-state index contributed by atoms with van der Waals surface area (Å²) in [6, 6.07) is 11.7. The molecule has 2 aromatic rings. The van der Waals surface area contributed by atoms with Crippen LogP contribution in [0, 0.1) is 0 Å². The molecule has 0 aliphatic heterocycles. The summed E-state index contributed by atoms with van der Waals surface area (Å²) in [5.41, 5.74) is 12.8. The van der Waals surface area contributed by atoms with Gasteiger partial charge in [-0.15, -0.1) is 0 Å². The zero-order valence-corrected chi connectivity index (χ0v) is 11.9. The number of rotatable bonds is 5. The van der Waals surface area contributed by atoms with Crippen molar-refractivity contribution in [3.8, 4) is 0 Å². The van der Waals surface area contributed by atoms with E-state index in [1.54, 1.807) is 36.4 Å². The van der Waals surface area contributed by atoms with Gasteiger partial charge in [-0.05, 0) is 42.0 Å². The summed E-state index contributed by atoms with van der Waals surface area (Å²) in [5, 5.41) is 3.63. The maximum atomic E-state index is 11.0. The number of halogens is 1. The Balaban J connectivity index is 2.06. The summed E-state index contributed by atoms with van der Waals surface area (Å²) in [6.45, 7) is 0.480. The summed E-state index contributed by atoms with van der Waals surface area (Å²) in [4.78, 5) is 22.0. The van der Waals surface area contributed by atoms with E-state index in [4.69, 9.17) is 23.1 Å². The van der Waals surface area contributed by atoms with Gasteiger partial charge in [0.25, 0.3) is 0 Å². The topological polar surface area (TPSA) is 98.2 Å². The first-order chi connectivity index (χ1) is 9.97. The molecule has 0 fully saturated rings. The molecule has 6 heteroatoms. The van der Waals surface area contributed by atoms with Gasteiger partial charge in [0, 0.05) is 28.4 Å². The first-order valence-corrected chi connectivity index (χ1v) is 6.57. The third-order valence-corrected chi connectivity index (χ3v) is 3.34. The van der Waals surface area contributed by atoms with E-state index in [0.29, 0.717) is 22.7 Å². The molecule has 5 nitrogen and oxygen atoms in total. The van der Waals surface area contributed by atoms with Gasteiger partial charge in [-0.3, -0.25) is 9.59 Å². The van der Waals surface area contributed by atoms with E-state index in [0.717, 1.165) is 11.3 Å². The zero-order chi connectivity index (χ0) is 15.4. The number of anilines is 1. The minimum absolute atomic E-state index is 0.370. The Morgan fingerprint density at radius 1 is 0.952 bits per heavy atom. The first kappa shape index (κ1) is 14.9. The normalized spacial score (nSPS) is 10.1. The lowest BCUT2D eigenvalue weighted by atomic mass is 10.1. The Hall–Kier alpha value is -2.53. The van der Waals surface area contributed by atoms with Crippen molar-refractivity contribution in [1.29, 1.82) is 0 Å². The number of benzene rings is 2. The molecule has 2 aromatic carbocycles. The molecule has 0 unspecified atom stereocenters. The minimum atomic E-state index is -0.515. The highest BCUT2D eigenvalue weighted by Gasteiger charge is 2.06. The standard InChI is InChI=1S/C15H14ClN3O2/c16-13-7-10(15(18)21)1-2-11(13)8-19-12-5-3-9(4-6-12)14(17)20/h1-7,19H,8H2,(H2,17,20)(H2,18,21). The zero-order valence-electron chi connectivity index (χ0n) is 11.1. The van der Waals surface area contributed by atoms with Crippen molar-refractivity contribution in [3.05, 3.63) is 64.2 Å². The molecule has 0 saturated carbocycles. The molecule has 0 aliphatic carbocycles. The number of hydrogen-bond donors (Lipinski definition) is 3. The molecule has 0 atom stereocenters. The molecular weight excluding hydrogens is 290 g/mol. The SMILES string of the molecule is NC(=O)c1ccc(NCc2ccc(C(N)=O)cc2Cl)cc1. The van der Waals surface area contributed by atoms with Crippen LogP contribution in [0.2, 0.25) is 5.02 Å². The molecule has 0 bridgehead atoms. The molecule has 0 radical (unpaired) electrons. The second-order valence-corrected chi connectivity index (χ2v) is 4.87. The van der Waals surface area contributed by atoms with Crippen molar-refractivity contribution >= 4 is 29.1 Å². The van der Waals surface area contributed by atoms with Crippen LogP contribution < -0.4 is 16.8 Å². The van der Waals surface area contributed by atoms with Crippen molar-refractivity contribution in [2.24, 2.45) is 11.5 Å². The van der Waals surface area contributed by atoms with Crippen molar-refractivity contribution in [1.82, 2.24) is 0 Å². The molecule has 0 saturated heterocycles. The predicted octanol–water partition coefficient (Wildman–Crippen LogP) is 2.15. The van der Waals surface area contributed by atoms with Gasteiger partial charge in [-0.2, -0.15) is 0 Å². The number of nitrogens with one attached hydrogen (secondary N) is 1. The Labute approximate surface area is 126 Å². The van der Waals surface area contributed by atoms with Crippen LogP contribution in [0.15, 0.2) is 42.5 Å². The average molecular weight is 304 g/mol. The van der Waals surface area contributed by atoms with Crippen molar-refractivity contribution in [2.45, 2.75) is 6.54 Å². The summed E-state index contributed by atoms with van der Waals surface area (Å²) in [6.07, 6.45) is 0. The van der Waals surface area contributed by atoms with Gasteiger partial charge in [-0.1, -0.05) is 17.7 Å². The molecule has 0 spiro atoms. The van der Waals surface area contributed by atoms with Crippen molar-refractivity contribution < 1.29 is 9.59 Å². The Kier molecular flexibility index (Phi) is 4.45. The lowest BCUT2D eigenvalue weighted by Gasteiger charge is -2.09. The monoisotopic (exact) mass is 303 g/mol. The molecule has 2 amide bonds. The van der Waals surface area contributed by atoms with Gasteiger partial charge < -0.3 is 16.8 Å². The fraction of sp³-hybridized carbons (Fsp3) is 0.0667. The Bertz CT molecular complexity index is 684. The van der Waals surface area contributed by atoms with E-state index in [2.05, 4.69) is 5.32 Å². The van der Waals surface area contributed by atoms with Gasteiger partial charge in [0.15, 0.2) is 0 Å². The minimum Gasteiger partial charge on any atom is -0.381 e. The third-order valence-electron chi connectivity index (χ3n) is 2.99. The maximum absolute atomic E-state index is 11.0. The third kappa shape index (κ3) is 3.73. The van der Waals surface area contributed by atoms with E-state index in [-0.39, 0.29) is 0 Å². The van der Waals surface area contributed by atoms with Gasteiger partial charge in [0.1, 0.15) is 0 Å². The Morgan fingerprint density at radius 2 is 1.52 bits per heavy atom. The fourth-order valence-corrected chi connectivity index (χ4v) is 2.04. The van der Waals surface area contributed by atoms with Gasteiger partial charge in [-0.25, -0.2) is 0 Å². The average Bonchev–Trinajstić information content (AvgIpc) is 2.46. The van der Waals surface area contributed by atoms with Gasteiger partial charge >= 0.3 is 0 Å². The lowest BCUT2D eigenvalue weighted by Crippen LogP contribution is -2.11. The van der Waals surface area contributed by atoms with Crippen LogP contribution in [0.1, 0.15) is 26.3 Å². The Morgan fingerprint density at radius 3 is 2.05 bits per heavy atom. The van der Waals surface area contributed by atoms with E-state index >= 15 is 0 Å². The molecule has 0 aliphatic rings. The summed E-state index contributed by atoms with van der Waals surface area (Å²) < 4.78 is 0. The second-order valence-electron chi connectivity index (χ2n) is 4.47. The van der Waals surface area contributed by atoms with Crippen molar-refractivity contribution in [3.63, 3.8) is 0 Å². The van der Waals surface area contributed by atoms with Crippen LogP contribution in [0.3, 0.4) is 0 Å². The number of nitrogens with two attached hydrogens (primary N) is 2. The molecule has 0 heterocycles. The van der Waals surface area contributed by atoms with Crippen LogP contribution in [0.25, 0.3) is 0 Å². The molecule has 0 aromatic heterocycles. The summed E-state index contributed by atoms with van der Waals surface area (Å²) in [5.74, 6) is -0.981. The number of carbonyl (C=O) groups excluding carboxylic acids is 2. The number of primary amides is 2. The van der Waals surface area contributed by atoms with Crippen molar-refractivity contribution in [2.75, 3.05) is 5.32 Å². The van der Waals surface area contributed by atoms with E-state index < -0.39 is 11.8 Å². The highest BCUT2D eigenvalue weighted by atomic mass is 35.5. The van der Waals surface area contributed by atoms with Crippen LogP contribution >= 0.6 is 11.6 Å². The quantitative estimate of drug-likeness (QED) is 0.789. The molecule has 108 valence electrons.